The standard InChI is InChI=1S/C14H18N4O3S/c1-17(9-11-8-15-18(2)10-11)14(19)12-5-4-6-13(7-12)16-22(3,20)21/h4-8,10,16H,9H2,1-3H3. The van der Waals surface area contributed by atoms with E-state index in [4.69, 9.17) is 0 Å². The fourth-order valence-electron chi connectivity index (χ4n) is 2.05. The van der Waals surface area contributed by atoms with Gasteiger partial charge in [-0.25, -0.2) is 8.42 Å². The van der Waals surface area contributed by atoms with Crippen molar-refractivity contribution in [1.29, 1.82) is 0 Å². The number of aromatic nitrogens is 2. The van der Waals surface area contributed by atoms with E-state index in [0.29, 0.717) is 17.8 Å². The van der Waals surface area contributed by atoms with Crippen LogP contribution in [0.4, 0.5) is 5.69 Å². The summed E-state index contributed by atoms with van der Waals surface area (Å²) in [7, 11) is 0.126. The first-order valence-corrected chi connectivity index (χ1v) is 8.44. The van der Waals surface area contributed by atoms with E-state index in [1.54, 1.807) is 41.0 Å². The predicted molar refractivity (Wildman–Crippen MR) is 83.9 cm³/mol. The highest BCUT2D eigenvalue weighted by molar-refractivity contribution is 7.92. The molecule has 1 heterocycles. The summed E-state index contributed by atoms with van der Waals surface area (Å²) in [4.78, 5) is 13.9. The molecule has 0 saturated heterocycles. The van der Waals surface area contributed by atoms with Gasteiger partial charge < -0.3 is 4.90 Å². The van der Waals surface area contributed by atoms with Crippen LogP contribution in [0.2, 0.25) is 0 Å². The lowest BCUT2D eigenvalue weighted by Gasteiger charge is -2.16. The maximum Gasteiger partial charge on any atom is 0.253 e. The zero-order chi connectivity index (χ0) is 16.3. The molecule has 0 bridgehead atoms. The second-order valence-electron chi connectivity index (χ2n) is 5.14. The molecule has 0 fully saturated rings. The minimum absolute atomic E-state index is 0.194. The Kier molecular flexibility index (Phi) is 4.51. The summed E-state index contributed by atoms with van der Waals surface area (Å²) in [5, 5.41) is 4.06. The fraction of sp³-hybridized carbons (Fsp3) is 0.286. The highest BCUT2D eigenvalue weighted by Gasteiger charge is 2.14. The van der Waals surface area contributed by atoms with E-state index in [0.717, 1.165) is 11.8 Å². The summed E-state index contributed by atoms with van der Waals surface area (Å²) in [6, 6.07) is 6.40. The topological polar surface area (TPSA) is 84.3 Å². The minimum Gasteiger partial charge on any atom is -0.337 e. The molecule has 0 spiro atoms. The van der Waals surface area contributed by atoms with Gasteiger partial charge in [0.15, 0.2) is 0 Å². The van der Waals surface area contributed by atoms with Crippen LogP contribution in [0, 0.1) is 0 Å². The van der Waals surface area contributed by atoms with Crippen molar-refractivity contribution in [2.45, 2.75) is 6.54 Å². The van der Waals surface area contributed by atoms with Crippen LogP contribution in [0.15, 0.2) is 36.7 Å². The lowest BCUT2D eigenvalue weighted by molar-refractivity contribution is 0.0785. The van der Waals surface area contributed by atoms with Gasteiger partial charge in [-0.15, -0.1) is 0 Å². The van der Waals surface area contributed by atoms with Gasteiger partial charge in [0.05, 0.1) is 12.5 Å². The Bertz CT molecular complexity index is 783. The fourth-order valence-corrected chi connectivity index (χ4v) is 2.60. The molecule has 1 aromatic carbocycles. The van der Waals surface area contributed by atoms with Gasteiger partial charge in [-0.2, -0.15) is 5.10 Å². The number of hydrogen-bond acceptors (Lipinski definition) is 4. The number of aryl methyl sites for hydroxylation is 1. The number of nitrogens with zero attached hydrogens (tertiary/aromatic N) is 3. The number of hydrogen-bond donors (Lipinski definition) is 1. The van der Waals surface area contributed by atoms with Crippen LogP contribution in [-0.2, 0) is 23.6 Å². The van der Waals surface area contributed by atoms with Crippen LogP contribution in [0.3, 0.4) is 0 Å². The molecule has 1 N–H and O–H groups in total. The molecular formula is C14H18N4O3S. The first-order valence-electron chi connectivity index (χ1n) is 6.55. The van der Waals surface area contributed by atoms with Gasteiger partial charge in [0.1, 0.15) is 0 Å². The zero-order valence-corrected chi connectivity index (χ0v) is 13.5. The number of amides is 1. The Morgan fingerprint density at radius 2 is 2.14 bits per heavy atom. The van der Waals surface area contributed by atoms with Crippen molar-refractivity contribution in [1.82, 2.24) is 14.7 Å². The molecule has 0 atom stereocenters. The summed E-state index contributed by atoms with van der Waals surface area (Å²) < 4.78 is 26.5. The molecule has 0 radical (unpaired) electrons. The molecule has 2 rings (SSSR count). The number of carbonyl (C=O) groups is 1. The van der Waals surface area contributed by atoms with Gasteiger partial charge in [-0.3, -0.25) is 14.2 Å². The average molecular weight is 322 g/mol. The summed E-state index contributed by atoms with van der Waals surface area (Å²) in [5.74, 6) is -0.194. The normalized spacial score (nSPS) is 11.2. The number of benzene rings is 1. The van der Waals surface area contributed by atoms with Gasteiger partial charge in [0.2, 0.25) is 10.0 Å². The Labute approximate surface area is 129 Å². The van der Waals surface area contributed by atoms with Crippen molar-refractivity contribution in [2.75, 3.05) is 18.0 Å². The maximum atomic E-state index is 12.4. The van der Waals surface area contributed by atoms with Gasteiger partial charge in [0.25, 0.3) is 5.91 Å². The molecule has 22 heavy (non-hydrogen) atoms. The van der Waals surface area contributed by atoms with Gasteiger partial charge in [0, 0.05) is 43.7 Å². The van der Waals surface area contributed by atoms with Crippen LogP contribution >= 0.6 is 0 Å². The molecule has 7 nitrogen and oxygen atoms in total. The smallest absolute Gasteiger partial charge is 0.253 e. The predicted octanol–water partition coefficient (Wildman–Crippen LogP) is 1.06. The molecule has 0 aliphatic rings. The van der Waals surface area contributed by atoms with Crippen LogP contribution in [0.5, 0.6) is 0 Å². The maximum absolute atomic E-state index is 12.4. The van der Waals surface area contributed by atoms with Crippen LogP contribution in [0.25, 0.3) is 0 Å². The van der Waals surface area contributed by atoms with Crippen molar-refractivity contribution < 1.29 is 13.2 Å². The van der Waals surface area contributed by atoms with Crippen molar-refractivity contribution in [3.05, 3.63) is 47.8 Å². The number of nitrogens with one attached hydrogen (secondary N) is 1. The molecule has 0 aliphatic heterocycles. The third kappa shape index (κ3) is 4.32. The van der Waals surface area contributed by atoms with E-state index in [1.165, 1.54) is 6.07 Å². The number of rotatable bonds is 5. The molecule has 0 unspecified atom stereocenters. The van der Waals surface area contributed by atoms with Crippen LogP contribution in [0.1, 0.15) is 15.9 Å². The Balaban J connectivity index is 2.13. The molecule has 118 valence electrons. The van der Waals surface area contributed by atoms with Crippen molar-refractivity contribution in [3.63, 3.8) is 0 Å². The minimum atomic E-state index is -3.37. The molecule has 0 saturated carbocycles. The highest BCUT2D eigenvalue weighted by Crippen LogP contribution is 2.14. The van der Waals surface area contributed by atoms with E-state index in [2.05, 4.69) is 9.82 Å². The first kappa shape index (κ1) is 16.0. The lowest BCUT2D eigenvalue weighted by Crippen LogP contribution is -2.26. The highest BCUT2D eigenvalue weighted by atomic mass is 32.2. The number of anilines is 1. The van der Waals surface area contributed by atoms with E-state index < -0.39 is 10.0 Å². The molecule has 8 heteroatoms. The second-order valence-corrected chi connectivity index (χ2v) is 6.89. The summed E-state index contributed by atoms with van der Waals surface area (Å²) >= 11 is 0. The van der Waals surface area contributed by atoms with Crippen molar-refractivity contribution in [3.8, 4) is 0 Å². The third-order valence-electron chi connectivity index (χ3n) is 2.94. The van der Waals surface area contributed by atoms with E-state index in [-0.39, 0.29) is 5.91 Å². The monoisotopic (exact) mass is 322 g/mol. The summed E-state index contributed by atoms with van der Waals surface area (Å²) in [6.07, 6.45) is 4.60. The van der Waals surface area contributed by atoms with Crippen molar-refractivity contribution >= 4 is 21.6 Å². The summed E-state index contributed by atoms with van der Waals surface area (Å²) in [5.41, 5.74) is 1.70. The Morgan fingerprint density at radius 1 is 1.41 bits per heavy atom. The van der Waals surface area contributed by atoms with Crippen LogP contribution in [-0.4, -0.2) is 42.3 Å². The SMILES string of the molecule is CN(Cc1cnn(C)c1)C(=O)c1cccc(NS(C)(=O)=O)c1. The number of sulfonamides is 1. The average Bonchev–Trinajstić information content (AvgIpc) is 2.81. The van der Waals surface area contributed by atoms with E-state index in [9.17, 15) is 13.2 Å². The lowest BCUT2D eigenvalue weighted by atomic mass is 10.1. The van der Waals surface area contributed by atoms with Gasteiger partial charge in [-0.05, 0) is 18.2 Å². The third-order valence-corrected chi connectivity index (χ3v) is 3.54. The number of carbonyl (C=O) groups excluding carboxylic acids is 1. The molecule has 0 aliphatic carbocycles. The van der Waals surface area contributed by atoms with Crippen LogP contribution < -0.4 is 4.72 Å². The van der Waals surface area contributed by atoms with Crippen molar-refractivity contribution in [2.24, 2.45) is 7.05 Å². The van der Waals surface area contributed by atoms with E-state index >= 15 is 0 Å². The first-order chi connectivity index (χ1) is 10.2. The Morgan fingerprint density at radius 3 is 2.73 bits per heavy atom. The largest absolute Gasteiger partial charge is 0.337 e. The Hall–Kier alpha value is -2.35. The molecule has 2 aromatic rings. The zero-order valence-electron chi connectivity index (χ0n) is 12.6. The van der Waals surface area contributed by atoms with Gasteiger partial charge >= 0.3 is 0 Å². The summed E-state index contributed by atoms with van der Waals surface area (Å²) in [6.45, 7) is 0.427. The molecular weight excluding hydrogens is 304 g/mol. The quantitative estimate of drug-likeness (QED) is 0.892. The second kappa shape index (κ2) is 6.18. The van der Waals surface area contributed by atoms with Gasteiger partial charge in [-0.1, -0.05) is 6.07 Å². The molecule has 1 aromatic heterocycles. The van der Waals surface area contributed by atoms with E-state index in [1.807, 2.05) is 13.2 Å². The molecule has 1 amide bonds.